The van der Waals surface area contributed by atoms with Crippen molar-refractivity contribution in [3.63, 3.8) is 0 Å². The van der Waals surface area contributed by atoms with Crippen LogP contribution in [0.15, 0.2) is 42.5 Å². The Hall–Kier alpha value is -2.62. The van der Waals surface area contributed by atoms with Crippen LogP contribution in [0.5, 0.6) is 11.5 Å². The van der Waals surface area contributed by atoms with Gasteiger partial charge in [-0.05, 0) is 56.7 Å². The van der Waals surface area contributed by atoms with Crippen molar-refractivity contribution in [2.75, 3.05) is 13.2 Å². The van der Waals surface area contributed by atoms with E-state index in [1.807, 2.05) is 26.0 Å². The van der Waals surface area contributed by atoms with Gasteiger partial charge in [-0.2, -0.15) is 5.26 Å². The number of Topliss-reactive ketones (excluding diaryl/α,β-unsaturated/α-hetero) is 1. The molecule has 0 N–H and O–H groups in total. The molecule has 0 heterocycles. The summed E-state index contributed by atoms with van der Waals surface area (Å²) in [6.07, 6.45) is -1.57. The van der Waals surface area contributed by atoms with Crippen molar-refractivity contribution >= 4 is 17.4 Å². The Labute approximate surface area is 181 Å². The zero-order valence-corrected chi connectivity index (χ0v) is 18.0. The standard InChI is InChI=1S/C23H25ClFNO4/c1-15(2)30-23(16(3)27)10-17-5-4-6-21(9-17)28-13-20(25)14-29-22-8-7-19(24)11-18(22)12-26/h4-9,11,15,20,23H,10,13-14H2,1-3H3/t20-,23-/m0/s1. The van der Waals surface area contributed by atoms with Crippen LogP contribution >= 0.6 is 11.6 Å². The summed E-state index contributed by atoms with van der Waals surface area (Å²) in [5, 5.41) is 9.50. The first kappa shape index (κ1) is 23.7. The molecule has 0 unspecified atom stereocenters. The van der Waals surface area contributed by atoms with Crippen molar-refractivity contribution < 1.29 is 23.4 Å². The molecule has 0 aliphatic rings. The molecule has 0 aromatic heterocycles. The molecule has 0 spiro atoms. The molecule has 0 amide bonds. The van der Waals surface area contributed by atoms with E-state index in [1.165, 1.54) is 19.1 Å². The number of carbonyl (C=O) groups is 1. The minimum atomic E-state index is -1.40. The van der Waals surface area contributed by atoms with Gasteiger partial charge in [-0.1, -0.05) is 23.7 Å². The van der Waals surface area contributed by atoms with Gasteiger partial charge in [-0.15, -0.1) is 0 Å². The van der Waals surface area contributed by atoms with Crippen LogP contribution in [-0.4, -0.2) is 37.4 Å². The summed E-state index contributed by atoms with van der Waals surface area (Å²) in [5.41, 5.74) is 1.10. The van der Waals surface area contributed by atoms with E-state index in [4.69, 9.17) is 31.1 Å². The van der Waals surface area contributed by atoms with E-state index in [2.05, 4.69) is 0 Å². The predicted molar refractivity (Wildman–Crippen MR) is 113 cm³/mol. The molecule has 2 rings (SSSR count). The van der Waals surface area contributed by atoms with Gasteiger partial charge in [-0.3, -0.25) is 4.79 Å². The van der Waals surface area contributed by atoms with Gasteiger partial charge in [0.15, 0.2) is 12.0 Å². The first-order chi connectivity index (χ1) is 14.3. The summed E-state index contributed by atoms with van der Waals surface area (Å²) < 4.78 is 30.8. The molecule has 0 saturated heterocycles. The number of alkyl halides is 1. The first-order valence-corrected chi connectivity index (χ1v) is 10.0. The van der Waals surface area contributed by atoms with Crippen molar-refractivity contribution in [1.82, 2.24) is 0 Å². The maximum atomic E-state index is 14.2. The Kier molecular flexibility index (Phi) is 9.10. The molecule has 0 bridgehead atoms. The fourth-order valence-electron chi connectivity index (χ4n) is 2.72. The summed E-state index contributed by atoms with van der Waals surface area (Å²) in [5.74, 6) is 0.716. The second-order valence-corrected chi connectivity index (χ2v) is 7.54. The van der Waals surface area contributed by atoms with E-state index in [1.54, 1.807) is 24.3 Å². The van der Waals surface area contributed by atoms with Crippen molar-refractivity contribution in [3.05, 3.63) is 58.6 Å². The number of carbonyl (C=O) groups excluding carboxylic acids is 1. The number of halogens is 2. The summed E-state index contributed by atoms with van der Waals surface area (Å²) >= 11 is 5.83. The fourth-order valence-corrected chi connectivity index (χ4v) is 2.90. The lowest BCUT2D eigenvalue weighted by Gasteiger charge is -2.18. The SMILES string of the molecule is CC(=O)[C@H](Cc1cccc(OC[C@H](F)COc2ccc(Cl)cc2C#N)c1)OC(C)C. The smallest absolute Gasteiger partial charge is 0.168 e. The zero-order chi connectivity index (χ0) is 22.1. The maximum Gasteiger partial charge on any atom is 0.168 e. The highest BCUT2D eigenvalue weighted by molar-refractivity contribution is 6.30. The summed E-state index contributed by atoms with van der Waals surface area (Å²) in [6.45, 7) is 4.78. The topological polar surface area (TPSA) is 68.5 Å². The molecule has 30 heavy (non-hydrogen) atoms. The number of rotatable bonds is 11. The molecule has 0 fully saturated rings. The number of ether oxygens (including phenoxy) is 3. The lowest BCUT2D eigenvalue weighted by atomic mass is 10.0. The number of nitriles is 1. The van der Waals surface area contributed by atoms with Crippen molar-refractivity contribution in [1.29, 1.82) is 5.26 Å². The average Bonchev–Trinajstić information content (AvgIpc) is 2.70. The Bertz CT molecular complexity index is 897. The Balaban J connectivity index is 1.89. The molecular formula is C23H25ClFNO4. The van der Waals surface area contributed by atoms with Crippen LogP contribution in [0.4, 0.5) is 4.39 Å². The van der Waals surface area contributed by atoms with Crippen LogP contribution in [0.25, 0.3) is 0 Å². The second-order valence-electron chi connectivity index (χ2n) is 7.11. The number of hydrogen-bond donors (Lipinski definition) is 0. The molecule has 0 saturated carbocycles. The Morgan fingerprint density at radius 3 is 2.57 bits per heavy atom. The van der Waals surface area contributed by atoms with Gasteiger partial charge in [0.2, 0.25) is 0 Å². The van der Waals surface area contributed by atoms with E-state index < -0.39 is 12.3 Å². The predicted octanol–water partition coefficient (Wildman–Crippen LogP) is 4.93. The molecule has 0 aliphatic heterocycles. The zero-order valence-electron chi connectivity index (χ0n) is 17.2. The van der Waals surface area contributed by atoms with Gasteiger partial charge in [-0.25, -0.2) is 4.39 Å². The highest BCUT2D eigenvalue weighted by Crippen LogP contribution is 2.22. The average molecular weight is 434 g/mol. The van der Waals surface area contributed by atoms with Gasteiger partial charge in [0.1, 0.15) is 36.9 Å². The van der Waals surface area contributed by atoms with Gasteiger partial charge in [0.25, 0.3) is 0 Å². The minimum absolute atomic E-state index is 0.0464. The molecule has 160 valence electrons. The van der Waals surface area contributed by atoms with Crippen molar-refractivity contribution in [2.45, 2.75) is 45.6 Å². The maximum absolute atomic E-state index is 14.2. The lowest BCUT2D eigenvalue weighted by Crippen LogP contribution is -2.27. The third kappa shape index (κ3) is 7.66. The van der Waals surface area contributed by atoms with Crippen molar-refractivity contribution in [3.8, 4) is 17.6 Å². The molecule has 2 aromatic carbocycles. The second kappa shape index (κ2) is 11.5. The molecule has 5 nitrogen and oxygen atoms in total. The third-order valence-electron chi connectivity index (χ3n) is 4.12. The Morgan fingerprint density at radius 1 is 1.17 bits per heavy atom. The lowest BCUT2D eigenvalue weighted by molar-refractivity contribution is -0.130. The van der Waals surface area contributed by atoms with Gasteiger partial charge >= 0.3 is 0 Å². The largest absolute Gasteiger partial charge is 0.490 e. The number of benzene rings is 2. The van der Waals surface area contributed by atoms with Crippen molar-refractivity contribution in [2.24, 2.45) is 0 Å². The van der Waals surface area contributed by atoms with Crippen LogP contribution in [0, 0.1) is 11.3 Å². The van der Waals surface area contributed by atoms with E-state index >= 15 is 0 Å². The summed E-state index contributed by atoms with van der Waals surface area (Å²) in [7, 11) is 0. The van der Waals surface area contributed by atoms with E-state index in [0.717, 1.165) is 5.56 Å². The van der Waals surface area contributed by atoms with Crippen LogP contribution in [-0.2, 0) is 16.0 Å². The Morgan fingerprint density at radius 2 is 1.90 bits per heavy atom. The molecule has 7 heteroatoms. The summed E-state index contributed by atoms with van der Waals surface area (Å²) in [6, 6.07) is 13.7. The van der Waals surface area contributed by atoms with Crippen LogP contribution < -0.4 is 9.47 Å². The van der Waals surface area contributed by atoms with E-state index in [-0.39, 0.29) is 36.4 Å². The van der Waals surface area contributed by atoms with E-state index in [9.17, 15) is 9.18 Å². The molecule has 0 aliphatic carbocycles. The number of nitrogens with zero attached hydrogens (tertiary/aromatic N) is 1. The third-order valence-corrected chi connectivity index (χ3v) is 4.36. The molecule has 2 atom stereocenters. The monoisotopic (exact) mass is 433 g/mol. The number of ketones is 1. The molecule has 0 radical (unpaired) electrons. The van der Waals surface area contributed by atoms with Gasteiger partial charge in [0.05, 0.1) is 11.7 Å². The number of hydrogen-bond acceptors (Lipinski definition) is 5. The quantitative estimate of drug-likeness (QED) is 0.502. The molecule has 2 aromatic rings. The first-order valence-electron chi connectivity index (χ1n) is 9.62. The fraction of sp³-hybridized carbons (Fsp3) is 0.391. The van der Waals surface area contributed by atoms with Crippen LogP contribution in [0.2, 0.25) is 5.02 Å². The highest BCUT2D eigenvalue weighted by atomic mass is 35.5. The summed E-state index contributed by atoms with van der Waals surface area (Å²) in [4.78, 5) is 11.8. The van der Waals surface area contributed by atoms with Crippen LogP contribution in [0.3, 0.4) is 0 Å². The van der Waals surface area contributed by atoms with Gasteiger partial charge < -0.3 is 14.2 Å². The normalized spacial score (nSPS) is 12.8. The minimum Gasteiger partial charge on any atom is -0.490 e. The molecular weight excluding hydrogens is 409 g/mol. The van der Waals surface area contributed by atoms with E-state index in [0.29, 0.717) is 17.2 Å². The van der Waals surface area contributed by atoms with Gasteiger partial charge in [0, 0.05) is 11.4 Å². The highest BCUT2D eigenvalue weighted by Gasteiger charge is 2.18. The van der Waals surface area contributed by atoms with Crippen LogP contribution in [0.1, 0.15) is 31.9 Å².